The van der Waals surface area contributed by atoms with Gasteiger partial charge in [0, 0.05) is 5.56 Å². The molecule has 0 atom stereocenters. The van der Waals surface area contributed by atoms with E-state index < -0.39 is 0 Å². The first-order valence-electron chi connectivity index (χ1n) is 4.34. The molecule has 2 rings (SSSR count). The molecule has 4 heteroatoms. The Bertz CT molecular complexity index is 511. The van der Waals surface area contributed by atoms with E-state index in [9.17, 15) is 0 Å². The first kappa shape index (κ1) is 9.28. The summed E-state index contributed by atoms with van der Waals surface area (Å²) in [7, 11) is 1.59. The van der Waals surface area contributed by atoms with Gasteiger partial charge in [0.25, 0.3) is 0 Å². The second kappa shape index (κ2) is 3.84. The number of rotatable bonds is 2. The van der Waals surface area contributed by atoms with Crippen molar-refractivity contribution in [3.05, 3.63) is 36.1 Å². The highest BCUT2D eigenvalue weighted by molar-refractivity contribution is 5.66. The summed E-state index contributed by atoms with van der Waals surface area (Å²) in [6, 6.07) is 9.33. The van der Waals surface area contributed by atoms with Gasteiger partial charge in [0.1, 0.15) is 29.3 Å². The Labute approximate surface area is 86.7 Å². The van der Waals surface area contributed by atoms with Gasteiger partial charge in [-0.15, -0.1) is 0 Å². The van der Waals surface area contributed by atoms with Gasteiger partial charge in [-0.05, 0) is 12.1 Å². The van der Waals surface area contributed by atoms with E-state index in [-0.39, 0.29) is 0 Å². The molecule has 1 heterocycles. The highest BCUT2D eigenvalue weighted by Crippen LogP contribution is 2.24. The topological polar surface area (TPSA) is 59.1 Å². The fourth-order valence-electron chi connectivity index (χ4n) is 1.29. The molecule has 1 aromatic heterocycles. The van der Waals surface area contributed by atoms with Crippen LogP contribution in [0.15, 0.2) is 35.1 Å². The number of aromatic nitrogens is 1. The zero-order valence-electron chi connectivity index (χ0n) is 8.10. The molecule has 4 nitrogen and oxygen atoms in total. The molecule has 0 saturated carbocycles. The van der Waals surface area contributed by atoms with Crippen LogP contribution >= 0.6 is 0 Å². The highest BCUT2D eigenvalue weighted by Gasteiger charge is 2.09. The smallest absolute Gasteiger partial charge is 0.142 e. The first-order valence-corrected chi connectivity index (χ1v) is 4.34. The number of methoxy groups -OCH3 is 1. The molecule has 0 saturated heterocycles. The van der Waals surface area contributed by atoms with Gasteiger partial charge in [-0.25, -0.2) is 0 Å². The van der Waals surface area contributed by atoms with Crippen molar-refractivity contribution < 1.29 is 9.26 Å². The predicted molar refractivity (Wildman–Crippen MR) is 53.2 cm³/mol. The van der Waals surface area contributed by atoms with Crippen molar-refractivity contribution in [2.45, 2.75) is 0 Å². The van der Waals surface area contributed by atoms with Crippen LogP contribution in [0.1, 0.15) is 5.56 Å². The largest absolute Gasteiger partial charge is 0.497 e. The highest BCUT2D eigenvalue weighted by atomic mass is 16.5. The molecule has 74 valence electrons. The molecule has 0 spiro atoms. The quantitative estimate of drug-likeness (QED) is 0.745. The number of nitriles is 1. The van der Waals surface area contributed by atoms with Gasteiger partial charge in [-0.1, -0.05) is 17.3 Å². The number of nitrogens with zero attached hydrogens (tertiary/aromatic N) is 2. The third-order valence-corrected chi connectivity index (χ3v) is 2.03. The Morgan fingerprint density at radius 1 is 1.47 bits per heavy atom. The van der Waals surface area contributed by atoms with Gasteiger partial charge in [-0.3, -0.25) is 0 Å². The van der Waals surface area contributed by atoms with E-state index in [1.807, 2.05) is 24.3 Å². The Kier molecular flexibility index (Phi) is 2.38. The van der Waals surface area contributed by atoms with Crippen LogP contribution in [0.5, 0.6) is 5.75 Å². The van der Waals surface area contributed by atoms with Crippen LogP contribution in [-0.4, -0.2) is 12.3 Å². The third-order valence-electron chi connectivity index (χ3n) is 2.03. The van der Waals surface area contributed by atoms with Gasteiger partial charge < -0.3 is 9.26 Å². The predicted octanol–water partition coefficient (Wildman–Crippen LogP) is 2.22. The maximum Gasteiger partial charge on any atom is 0.142 e. The summed E-state index contributed by atoms with van der Waals surface area (Å²) in [6.45, 7) is 0. The number of hydrogen-bond acceptors (Lipinski definition) is 4. The van der Waals surface area contributed by atoms with Crippen molar-refractivity contribution in [2.24, 2.45) is 0 Å². The SMILES string of the molecule is COc1cccc(-c2nocc2C#N)c1. The van der Waals surface area contributed by atoms with E-state index in [0.717, 1.165) is 11.3 Å². The summed E-state index contributed by atoms with van der Waals surface area (Å²) in [4.78, 5) is 0. The van der Waals surface area contributed by atoms with E-state index >= 15 is 0 Å². The lowest BCUT2D eigenvalue weighted by molar-refractivity contribution is 0.414. The Morgan fingerprint density at radius 2 is 2.33 bits per heavy atom. The first-order chi connectivity index (χ1) is 7.35. The Morgan fingerprint density at radius 3 is 3.07 bits per heavy atom. The van der Waals surface area contributed by atoms with Crippen LogP contribution < -0.4 is 4.74 Å². The van der Waals surface area contributed by atoms with Crippen LogP contribution in [0, 0.1) is 11.3 Å². The fraction of sp³-hybridized carbons (Fsp3) is 0.0909. The second-order valence-electron chi connectivity index (χ2n) is 2.92. The van der Waals surface area contributed by atoms with Gasteiger partial charge in [-0.2, -0.15) is 5.26 Å². The lowest BCUT2D eigenvalue weighted by Gasteiger charge is -2.01. The van der Waals surface area contributed by atoms with Crippen LogP contribution in [0.25, 0.3) is 11.3 Å². The number of ether oxygens (including phenoxy) is 1. The molecular weight excluding hydrogens is 192 g/mol. The summed E-state index contributed by atoms with van der Waals surface area (Å²) in [5.41, 5.74) is 1.76. The number of hydrogen-bond donors (Lipinski definition) is 0. The summed E-state index contributed by atoms with van der Waals surface area (Å²) in [5.74, 6) is 0.722. The molecule has 0 aliphatic carbocycles. The minimum absolute atomic E-state index is 0.420. The van der Waals surface area contributed by atoms with E-state index in [1.54, 1.807) is 13.2 Å². The van der Waals surface area contributed by atoms with Crippen molar-refractivity contribution in [3.8, 4) is 23.1 Å². The second-order valence-corrected chi connectivity index (χ2v) is 2.92. The summed E-state index contributed by atoms with van der Waals surface area (Å²) < 4.78 is 9.84. The van der Waals surface area contributed by atoms with Gasteiger partial charge >= 0.3 is 0 Å². The lowest BCUT2D eigenvalue weighted by Crippen LogP contribution is -1.85. The van der Waals surface area contributed by atoms with E-state index in [4.69, 9.17) is 14.5 Å². The van der Waals surface area contributed by atoms with Crippen LogP contribution in [-0.2, 0) is 0 Å². The van der Waals surface area contributed by atoms with Crippen molar-refractivity contribution in [2.75, 3.05) is 7.11 Å². The molecule has 0 fully saturated rings. The minimum Gasteiger partial charge on any atom is -0.497 e. The van der Waals surface area contributed by atoms with Crippen LogP contribution in [0.3, 0.4) is 0 Å². The maximum atomic E-state index is 8.81. The van der Waals surface area contributed by atoms with Crippen molar-refractivity contribution in [1.82, 2.24) is 5.16 Å². The minimum atomic E-state index is 0.420. The maximum absolute atomic E-state index is 8.81. The molecule has 0 aliphatic heterocycles. The molecule has 0 N–H and O–H groups in total. The fourth-order valence-corrected chi connectivity index (χ4v) is 1.29. The van der Waals surface area contributed by atoms with E-state index in [0.29, 0.717) is 11.3 Å². The molecule has 1 aromatic carbocycles. The Balaban J connectivity index is 2.50. The van der Waals surface area contributed by atoms with Crippen molar-refractivity contribution >= 4 is 0 Å². The average Bonchev–Trinajstić information content (AvgIpc) is 2.77. The molecule has 0 amide bonds. The third kappa shape index (κ3) is 1.67. The van der Waals surface area contributed by atoms with Crippen molar-refractivity contribution in [3.63, 3.8) is 0 Å². The average molecular weight is 200 g/mol. The molecular formula is C11H8N2O2. The Hall–Kier alpha value is -2.28. The molecule has 2 aromatic rings. The molecule has 0 aliphatic rings. The van der Waals surface area contributed by atoms with Gasteiger partial charge in [0.05, 0.1) is 7.11 Å². The summed E-state index contributed by atoms with van der Waals surface area (Å²) in [6.07, 6.45) is 1.33. The van der Waals surface area contributed by atoms with E-state index in [1.165, 1.54) is 6.26 Å². The van der Waals surface area contributed by atoms with Crippen LogP contribution in [0.2, 0.25) is 0 Å². The zero-order chi connectivity index (χ0) is 10.7. The van der Waals surface area contributed by atoms with E-state index in [2.05, 4.69) is 5.16 Å². The standard InChI is InChI=1S/C11H8N2O2/c1-14-10-4-2-3-8(5-10)11-9(6-12)7-15-13-11/h2-5,7H,1H3. The molecule has 15 heavy (non-hydrogen) atoms. The van der Waals surface area contributed by atoms with Gasteiger partial charge in [0.2, 0.25) is 0 Å². The van der Waals surface area contributed by atoms with Crippen molar-refractivity contribution in [1.29, 1.82) is 5.26 Å². The summed E-state index contributed by atoms with van der Waals surface area (Å²) in [5, 5.41) is 12.6. The lowest BCUT2D eigenvalue weighted by atomic mass is 10.1. The summed E-state index contributed by atoms with van der Waals surface area (Å²) >= 11 is 0. The number of benzene rings is 1. The zero-order valence-corrected chi connectivity index (χ0v) is 8.10. The van der Waals surface area contributed by atoms with Gasteiger partial charge in [0.15, 0.2) is 0 Å². The molecule has 0 radical (unpaired) electrons. The normalized spacial score (nSPS) is 9.60. The van der Waals surface area contributed by atoms with Crippen LogP contribution in [0.4, 0.5) is 0 Å². The molecule has 0 unspecified atom stereocenters. The monoisotopic (exact) mass is 200 g/mol. The molecule has 0 bridgehead atoms.